The average molecular weight is 530 g/mol. The van der Waals surface area contributed by atoms with Crippen LogP contribution in [0.5, 0.6) is 0 Å². The minimum absolute atomic E-state index is 0.104. The molecule has 0 aliphatic heterocycles. The number of hydrogen-bond acceptors (Lipinski definition) is 4. The second-order valence-corrected chi connectivity index (χ2v) is 12.8. The number of amides is 3. The summed E-state index contributed by atoms with van der Waals surface area (Å²) in [6.07, 6.45) is 5.26. The normalized spacial score (nSPS) is 16.5. The number of alkyl carbamates (subject to hydrolysis) is 1. The van der Waals surface area contributed by atoms with E-state index in [2.05, 4.69) is 16.7 Å². The third-order valence-corrected chi connectivity index (χ3v) is 7.54. The first kappa shape index (κ1) is 31.6. The Kier molecular flexibility index (Phi) is 10.8. The minimum Gasteiger partial charge on any atom is -0.444 e. The van der Waals surface area contributed by atoms with Crippen LogP contribution in [0.1, 0.15) is 117 Å². The van der Waals surface area contributed by atoms with Crippen LogP contribution in [0.25, 0.3) is 0 Å². The predicted octanol–water partition coefficient (Wildman–Crippen LogP) is 6.36. The highest BCUT2D eigenvalue weighted by Gasteiger charge is 2.44. The van der Waals surface area contributed by atoms with Crippen LogP contribution in [0.2, 0.25) is 0 Å². The number of aryl methyl sites for hydroxylation is 2. The summed E-state index contributed by atoms with van der Waals surface area (Å²) in [4.78, 5) is 43.1. The Morgan fingerprint density at radius 1 is 1.03 bits per heavy atom. The maximum absolute atomic E-state index is 14.5. The quantitative estimate of drug-likeness (QED) is 0.390. The van der Waals surface area contributed by atoms with Crippen LogP contribution in [-0.2, 0) is 14.3 Å². The summed E-state index contributed by atoms with van der Waals surface area (Å²) in [6.45, 7) is 19.2. The van der Waals surface area contributed by atoms with Gasteiger partial charge in [0.2, 0.25) is 11.8 Å². The van der Waals surface area contributed by atoms with Crippen molar-refractivity contribution in [1.82, 2.24) is 15.5 Å². The van der Waals surface area contributed by atoms with E-state index in [0.717, 1.165) is 42.4 Å². The summed E-state index contributed by atoms with van der Waals surface area (Å²) in [7, 11) is 0. The highest BCUT2D eigenvalue weighted by Crippen LogP contribution is 2.35. The standard InChI is InChI=1S/C31H51N3O4/c1-11-31(9,10)34(28(36)25(20(2)3)33-29(37)38-30(6,7)8)26(24-18-17-21(4)19-22(24)5)27(35)32-23-15-13-12-14-16-23/h17-20,23,25-26H,11-16H2,1-10H3,(H,32,35)(H,33,37). The van der Waals surface area contributed by atoms with Crippen molar-refractivity contribution in [3.8, 4) is 0 Å². The van der Waals surface area contributed by atoms with Gasteiger partial charge in [0.15, 0.2) is 0 Å². The number of nitrogens with one attached hydrogen (secondary N) is 2. The lowest BCUT2D eigenvalue weighted by atomic mass is 9.88. The SMILES string of the molecule is CCC(C)(C)N(C(=O)C(NC(=O)OC(C)(C)C)C(C)C)C(C(=O)NC1CCCCC1)c1ccc(C)cc1C. The molecule has 2 unspecified atom stereocenters. The van der Waals surface area contributed by atoms with Gasteiger partial charge in [-0.2, -0.15) is 0 Å². The lowest BCUT2D eigenvalue weighted by molar-refractivity contribution is -0.150. The van der Waals surface area contributed by atoms with Crippen molar-refractivity contribution < 1.29 is 19.1 Å². The van der Waals surface area contributed by atoms with Crippen molar-refractivity contribution in [1.29, 1.82) is 0 Å². The molecule has 1 fully saturated rings. The molecule has 214 valence electrons. The maximum atomic E-state index is 14.5. The number of carbonyl (C=O) groups excluding carboxylic acids is 3. The van der Waals surface area contributed by atoms with E-state index in [1.165, 1.54) is 6.42 Å². The molecule has 2 rings (SSSR count). The van der Waals surface area contributed by atoms with E-state index in [1.54, 1.807) is 25.7 Å². The predicted molar refractivity (Wildman–Crippen MR) is 153 cm³/mol. The van der Waals surface area contributed by atoms with Crippen molar-refractivity contribution in [3.05, 3.63) is 34.9 Å². The van der Waals surface area contributed by atoms with Crippen LogP contribution in [0.4, 0.5) is 4.79 Å². The van der Waals surface area contributed by atoms with Gasteiger partial charge in [-0.1, -0.05) is 63.8 Å². The molecular formula is C31H51N3O4. The van der Waals surface area contributed by atoms with Crippen LogP contribution in [-0.4, -0.2) is 46.0 Å². The number of nitrogens with zero attached hydrogens (tertiary/aromatic N) is 1. The van der Waals surface area contributed by atoms with Gasteiger partial charge in [-0.3, -0.25) is 9.59 Å². The highest BCUT2D eigenvalue weighted by atomic mass is 16.6. The van der Waals surface area contributed by atoms with Crippen LogP contribution in [0.15, 0.2) is 18.2 Å². The molecule has 1 aromatic rings. The zero-order valence-corrected chi connectivity index (χ0v) is 25.4. The molecular weight excluding hydrogens is 478 g/mol. The zero-order valence-electron chi connectivity index (χ0n) is 25.4. The van der Waals surface area contributed by atoms with Crippen molar-refractivity contribution >= 4 is 17.9 Å². The Morgan fingerprint density at radius 2 is 1.63 bits per heavy atom. The number of carbonyl (C=O) groups is 3. The van der Waals surface area contributed by atoms with Gasteiger partial charge in [-0.05, 0) is 84.8 Å². The number of hydrogen-bond donors (Lipinski definition) is 2. The van der Waals surface area contributed by atoms with Gasteiger partial charge >= 0.3 is 6.09 Å². The molecule has 0 spiro atoms. The highest BCUT2D eigenvalue weighted by molar-refractivity contribution is 5.93. The Morgan fingerprint density at radius 3 is 2.13 bits per heavy atom. The van der Waals surface area contributed by atoms with Gasteiger partial charge in [-0.15, -0.1) is 0 Å². The molecule has 1 aromatic carbocycles. The van der Waals surface area contributed by atoms with E-state index in [1.807, 2.05) is 60.6 Å². The molecule has 1 aliphatic rings. The van der Waals surface area contributed by atoms with Gasteiger partial charge in [0.05, 0.1) is 0 Å². The number of rotatable bonds is 9. The van der Waals surface area contributed by atoms with E-state index >= 15 is 0 Å². The van der Waals surface area contributed by atoms with Crippen molar-refractivity contribution in [2.24, 2.45) is 5.92 Å². The Labute approximate surface area is 230 Å². The first-order chi connectivity index (χ1) is 17.6. The fourth-order valence-corrected chi connectivity index (χ4v) is 5.10. The smallest absolute Gasteiger partial charge is 0.408 e. The molecule has 7 heteroatoms. The summed E-state index contributed by atoms with van der Waals surface area (Å²) in [5.41, 5.74) is 1.50. The molecule has 0 heterocycles. The molecule has 2 N–H and O–H groups in total. The van der Waals surface area contributed by atoms with Crippen molar-refractivity contribution in [2.45, 2.75) is 137 Å². The summed E-state index contributed by atoms with van der Waals surface area (Å²) in [6, 6.07) is 4.42. The lowest BCUT2D eigenvalue weighted by Gasteiger charge is -2.45. The first-order valence-electron chi connectivity index (χ1n) is 14.3. The van der Waals surface area contributed by atoms with Crippen LogP contribution in [0.3, 0.4) is 0 Å². The third kappa shape index (κ3) is 8.47. The van der Waals surface area contributed by atoms with Gasteiger partial charge in [0.25, 0.3) is 0 Å². The van der Waals surface area contributed by atoms with Gasteiger partial charge in [0, 0.05) is 11.6 Å². The first-order valence-corrected chi connectivity index (χ1v) is 14.3. The third-order valence-electron chi connectivity index (χ3n) is 7.54. The van der Waals surface area contributed by atoms with E-state index < -0.39 is 29.3 Å². The molecule has 38 heavy (non-hydrogen) atoms. The monoisotopic (exact) mass is 529 g/mol. The second kappa shape index (κ2) is 13.0. The molecule has 0 radical (unpaired) electrons. The molecule has 0 aromatic heterocycles. The molecule has 1 saturated carbocycles. The fraction of sp³-hybridized carbons (Fsp3) is 0.710. The Bertz CT molecular complexity index is 974. The molecule has 1 aliphatic carbocycles. The summed E-state index contributed by atoms with van der Waals surface area (Å²) >= 11 is 0. The number of benzene rings is 1. The van der Waals surface area contributed by atoms with Crippen molar-refractivity contribution in [3.63, 3.8) is 0 Å². The Balaban J connectivity index is 2.60. The van der Waals surface area contributed by atoms with Gasteiger partial charge in [-0.25, -0.2) is 4.79 Å². The van der Waals surface area contributed by atoms with Crippen LogP contribution < -0.4 is 10.6 Å². The lowest BCUT2D eigenvalue weighted by Crippen LogP contribution is -2.61. The summed E-state index contributed by atoms with van der Waals surface area (Å²) in [5.74, 6) is -0.675. The van der Waals surface area contributed by atoms with E-state index in [9.17, 15) is 14.4 Å². The average Bonchev–Trinajstić information content (AvgIpc) is 2.80. The van der Waals surface area contributed by atoms with E-state index in [0.29, 0.717) is 6.42 Å². The molecule has 0 bridgehead atoms. The summed E-state index contributed by atoms with van der Waals surface area (Å²) in [5, 5.41) is 6.10. The molecule has 0 saturated heterocycles. The number of ether oxygens (including phenoxy) is 1. The largest absolute Gasteiger partial charge is 0.444 e. The van der Waals surface area contributed by atoms with Crippen LogP contribution >= 0.6 is 0 Å². The summed E-state index contributed by atoms with van der Waals surface area (Å²) < 4.78 is 5.49. The zero-order chi connectivity index (χ0) is 28.8. The van der Waals surface area contributed by atoms with Crippen molar-refractivity contribution in [2.75, 3.05) is 0 Å². The van der Waals surface area contributed by atoms with Gasteiger partial charge in [0.1, 0.15) is 17.7 Å². The topological polar surface area (TPSA) is 87.7 Å². The minimum atomic E-state index is -0.855. The second-order valence-electron chi connectivity index (χ2n) is 12.8. The Hall–Kier alpha value is -2.57. The van der Waals surface area contributed by atoms with Crippen LogP contribution in [0, 0.1) is 19.8 Å². The van der Waals surface area contributed by atoms with Gasteiger partial charge < -0.3 is 20.3 Å². The molecule has 3 amide bonds. The fourth-order valence-electron chi connectivity index (χ4n) is 5.10. The molecule has 7 nitrogen and oxygen atoms in total. The molecule has 2 atom stereocenters. The van der Waals surface area contributed by atoms with E-state index in [-0.39, 0.29) is 23.8 Å². The van der Waals surface area contributed by atoms with E-state index in [4.69, 9.17) is 4.74 Å². The maximum Gasteiger partial charge on any atom is 0.408 e.